The average molecular weight is 313 g/mol. The molecule has 1 aliphatic rings. The summed E-state index contributed by atoms with van der Waals surface area (Å²) in [5.41, 5.74) is 0.969. The maximum atomic E-state index is 12.2. The van der Waals surface area contributed by atoms with Crippen LogP contribution < -0.4 is 5.32 Å². The highest BCUT2D eigenvalue weighted by atomic mass is 32.2. The second-order valence-corrected chi connectivity index (χ2v) is 7.89. The first-order valence-corrected chi connectivity index (χ1v) is 9.05. The van der Waals surface area contributed by atoms with Crippen molar-refractivity contribution < 1.29 is 4.79 Å². The van der Waals surface area contributed by atoms with Gasteiger partial charge in [0.1, 0.15) is 0 Å². The van der Waals surface area contributed by atoms with E-state index in [1.165, 1.54) is 6.42 Å². The van der Waals surface area contributed by atoms with Crippen molar-refractivity contribution in [1.29, 1.82) is 0 Å². The summed E-state index contributed by atoms with van der Waals surface area (Å²) in [6.45, 7) is 4.76. The monoisotopic (exact) mass is 313 g/mol. The Morgan fingerprint density at radius 3 is 3.05 bits per heavy atom. The Morgan fingerprint density at radius 1 is 1.60 bits per heavy atom. The number of aromatic nitrogens is 1. The number of nitrogens with zero attached hydrogens (tertiary/aromatic N) is 2. The SMILES string of the molecule is CCS[C@@H]1CC[C@@H](NC(=O)N(C)Cc2csc(C)n2)C1. The molecular weight excluding hydrogens is 290 g/mol. The third kappa shape index (κ3) is 4.38. The molecule has 0 radical (unpaired) electrons. The van der Waals surface area contributed by atoms with Gasteiger partial charge in [0.25, 0.3) is 0 Å². The molecule has 1 aliphatic carbocycles. The highest BCUT2D eigenvalue weighted by Gasteiger charge is 2.26. The van der Waals surface area contributed by atoms with Gasteiger partial charge in [-0.3, -0.25) is 0 Å². The number of carbonyl (C=O) groups excluding carboxylic acids is 1. The van der Waals surface area contributed by atoms with E-state index in [0.717, 1.165) is 34.5 Å². The lowest BCUT2D eigenvalue weighted by molar-refractivity contribution is 0.202. The van der Waals surface area contributed by atoms with Crippen LogP contribution >= 0.6 is 23.1 Å². The van der Waals surface area contributed by atoms with Crippen LogP contribution in [0.15, 0.2) is 5.38 Å². The predicted octanol–water partition coefficient (Wildman–Crippen LogP) is 3.27. The van der Waals surface area contributed by atoms with Crippen LogP contribution in [0, 0.1) is 6.92 Å². The minimum atomic E-state index is 0.0165. The van der Waals surface area contributed by atoms with Gasteiger partial charge in [-0.05, 0) is 31.9 Å². The lowest BCUT2D eigenvalue weighted by Crippen LogP contribution is -2.41. The maximum Gasteiger partial charge on any atom is 0.317 e. The summed E-state index contributed by atoms with van der Waals surface area (Å²) in [5.74, 6) is 1.16. The van der Waals surface area contributed by atoms with Crippen LogP contribution in [0.1, 0.15) is 36.9 Å². The molecule has 0 aliphatic heterocycles. The number of thiazole rings is 1. The van der Waals surface area contributed by atoms with E-state index in [0.29, 0.717) is 12.6 Å². The van der Waals surface area contributed by atoms with Gasteiger partial charge in [-0.2, -0.15) is 11.8 Å². The Kier molecular flexibility index (Phi) is 5.72. The smallest absolute Gasteiger partial charge is 0.317 e. The molecule has 0 aromatic carbocycles. The Labute approximate surface area is 129 Å². The summed E-state index contributed by atoms with van der Waals surface area (Å²) in [4.78, 5) is 18.3. The zero-order chi connectivity index (χ0) is 14.5. The van der Waals surface area contributed by atoms with E-state index in [1.807, 2.05) is 31.1 Å². The topological polar surface area (TPSA) is 45.2 Å². The number of thioether (sulfide) groups is 1. The molecule has 2 amide bonds. The summed E-state index contributed by atoms with van der Waals surface area (Å²) in [7, 11) is 1.83. The molecule has 1 aromatic rings. The van der Waals surface area contributed by atoms with Gasteiger partial charge in [0.15, 0.2) is 0 Å². The summed E-state index contributed by atoms with van der Waals surface area (Å²) < 4.78 is 0. The fourth-order valence-electron chi connectivity index (χ4n) is 2.54. The highest BCUT2D eigenvalue weighted by molar-refractivity contribution is 7.99. The van der Waals surface area contributed by atoms with E-state index in [-0.39, 0.29) is 6.03 Å². The Morgan fingerprint density at radius 2 is 2.40 bits per heavy atom. The van der Waals surface area contributed by atoms with Gasteiger partial charge in [-0.1, -0.05) is 6.92 Å². The molecule has 112 valence electrons. The van der Waals surface area contributed by atoms with Gasteiger partial charge >= 0.3 is 6.03 Å². The molecular formula is C14H23N3OS2. The van der Waals surface area contributed by atoms with Crippen molar-refractivity contribution >= 4 is 29.1 Å². The van der Waals surface area contributed by atoms with Crippen LogP contribution in [-0.2, 0) is 6.54 Å². The minimum absolute atomic E-state index is 0.0165. The van der Waals surface area contributed by atoms with Crippen molar-refractivity contribution in [3.05, 3.63) is 16.1 Å². The summed E-state index contributed by atoms with van der Waals surface area (Å²) in [6.07, 6.45) is 3.43. The summed E-state index contributed by atoms with van der Waals surface area (Å²) >= 11 is 3.63. The van der Waals surface area contributed by atoms with Crippen molar-refractivity contribution in [3.8, 4) is 0 Å². The van der Waals surface area contributed by atoms with Crippen molar-refractivity contribution in [1.82, 2.24) is 15.2 Å². The quantitative estimate of drug-likeness (QED) is 0.907. The van der Waals surface area contributed by atoms with Crippen molar-refractivity contribution in [2.24, 2.45) is 0 Å². The van der Waals surface area contributed by atoms with Crippen LogP contribution in [0.4, 0.5) is 4.79 Å². The Balaban J connectivity index is 1.77. The molecule has 0 saturated heterocycles. The number of carbonyl (C=O) groups is 1. The fourth-order valence-corrected chi connectivity index (χ4v) is 4.29. The number of amides is 2. The van der Waals surface area contributed by atoms with E-state index in [4.69, 9.17) is 0 Å². The van der Waals surface area contributed by atoms with E-state index in [9.17, 15) is 4.79 Å². The first kappa shape index (κ1) is 15.6. The highest BCUT2D eigenvalue weighted by Crippen LogP contribution is 2.29. The van der Waals surface area contributed by atoms with E-state index < -0.39 is 0 Å². The van der Waals surface area contributed by atoms with Gasteiger partial charge in [-0.15, -0.1) is 11.3 Å². The molecule has 20 heavy (non-hydrogen) atoms. The second-order valence-electron chi connectivity index (χ2n) is 5.25. The molecule has 6 heteroatoms. The van der Waals surface area contributed by atoms with Crippen LogP contribution in [0.25, 0.3) is 0 Å². The van der Waals surface area contributed by atoms with E-state index in [1.54, 1.807) is 16.2 Å². The van der Waals surface area contributed by atoms with Crippen LogP contribution in [-0.4, -0.2) is 40.0 Å². The average Bonchev–Trinajstić information content (AvgIpc) is 2.99. The number of urea groups is 1. The molecule has 0 unspecified atom stereocenters. The zero-order valence-electron chi connectivity index (χ0n) is 12.4. The maximum absolute atomic E-state index is 12.2. The van der Waals surface area contributed by atoms with Gasteiger partial charge < -0.3 is 10.2 Å². The van der Waals surface area contributed by atoms with Crippen molar-refractivity contribution in [3.63, 3.8) is 0 Å². The van der Waals surface area contributed by atoms with Gasteiger partial charge in [0, 0.05) is 23.7 Å². The Bertz CT molecular complexity index is 449. The molecule has 0 spiro atoms. The molecule has 1 saturated carbocycles. The third-order valence-corrected chi connectivity index (χ3v) is 5.58. The number of hydrogen-bond donors (Lipinski definition) is 1. The molecule has 1 fully saturated rings. The van der Waals surface area contributed by atoms with Crippen molar-refractivity contribution in [2.45, 2.75) is 50.9 Å². The van der Waals surface area contributed by atoms with Gasteiger partial charge in [0.2, 0.25) is 0 Å². The fraction of sp³-hybridized carbons (Fsp3) is 0.714. The number of nitrogens with one attached hydrogen (secondary N) is 1. The van der Waals surface area contributed by atoms with Crippen LogP contribution in [0.3, 0.4) is 0 Å². The number of aryl methyl sites for hydroxylation is 1. The second kappa shape index (κ2) is 7.31. The molecule has 2 atom stereocenters. The van der Waals surface area contributed by atoms with Crippen LogP contribution in [0.2, 0.25) is 0 Å². The number of rotatable bonds is 5. The lowest BCUT2D eigenvalue weighted by Gasteiger charge is -2.20. The Hall–Kier alpha value is -0.750. The standard InChI is InChI=1S/C14H23N3OS2/c1-4-19-13-6-5-11(7-13)16-14(18)17(3)8-12-9-20-10(2)15-12/h9,11,13H,4-8H2,1-3H3,(H,16,18)/t11-,13-/m1/s1. The molecule has 2 rings (SSSR count). The van der Waals surface area contributed by atoms with E-state index in [2.05, 4.69) is 17.2 Å². The van der Waals surface area contributed by atoms with Gasteiger partial charge in [-0.25, -0.2) is 9.78 Å². The molecule has 0 bridgehead atoms. The third-order valence-electron chi connectivity index (χ3n) is 3.53. The summed E-state index contributed by atoms with van der Waals surface area (Å²) in [6, 6.07) is 0.356. The largest absolute Gasteiger partial charge is 0.335 e. The predicted molar refractivity (Wildman–Crippen MR) is 86.4 cm³/mol. The normalized spacial score (nSPS) is 21.9. The molecule has 1 N–H and O–H groups in total. The first-order chi connectivity index (χ1) is 9.58. The number of hydrogen-bond acceptors (Lipinski definition) is 4. The molecule has 1 aromatic heterocycles. The minimum Gasteiger partial charge on any atom is -0.335 e. The van der Waals surface area contributed by atoms with Gasteiger partial charge in [0.05, 0.1) is 17.2 Å². The zero-order valence-corrected chi connectivity index (χ0v) is 14.0. The van der Waals surface area contributed by atoms with Crippen LogP contribution in [0.5, 0.6) is 0 Å². The van der Waals surface area contributed by atoms with E-state index >= 15 is 0 Å². The molecule has 1 heterocycles. The first-order valence-electron chi connectivity index (χ1n) is 7.12. The summed E-state index contributed by atoms with van der Waals surface area (Å²) in [5, 5.41) is 6.92. The lowest BCUT2D eigenvalue weighted by atomic mass is 10.2. The van der Waals surface area contributed by atoms with Crippen molar-refractivity contribution in [2.75, 3.05) is 12.8 Å². The molecule has 4 nitrogen and oxygen atoms in total.